The minimum atomic E-state index is -1.06. The molecule has 0 aromatic heterocycles. The fraction of sp³-hybridized carbons (Fsp3) is 0.500. The van der Waals surface area contributed by atoms with Gasteiger partial charge in [-0.1, -0.05) is 0 Å². The third kappa shape index (κ3) is 24.4. The van der Waals surface area contributed by atoms with E-state index in [1.807, 2.05) is 0 Å². The van der Waals surface area contributed by atoms with Crippen molar-refractivity contribution in [3.63, 3.8) is 0 Å². The fourth-order valence-electron chi connectivity index (χ4n) is 0.213. The standard InChI is InChI=1S/C4H6O3.C2H5.Zr/c1-3(5)2-4(6)7;1-2;/h2H2,1H3,(H,6,7);1H2,2H3;/q;-1;. The Kier molecular flexibility index (Phi) is 19.5. The monoisotopic (exact) mass is 221 g/mol. The Balaban J connectivity index is -0.000000149. The normalized spacial score (nSPS) is 6.30. The molecule has 3 nitrogen and oxygen atoms in total. The van der Waals surface area contributed by atoms with Gasteiger partial charge < -0.3 is 12.0 Å². The maximum absolute atomic E-state index is 9.87. The summed E-state index contributed by atoms with van der Waals surface area (Å²) in [5, 5.41) is 7.86. The first-order valence-corrected chi connectivity index (χ1v) is 2.55. The molecule has 1 N–H and O–H groups in total. The van der Waals surface area contributed by atoms with Crippen molar-refractivity contribution in [2.75, 3.05) is 0 Å². The molecule has 0 heterocycles. The summed E-state index contributed by atoms with van der Waals surface area (Å²) < 4.78 is 0. The van der Waals surface area contributed by atoms with Gasteiger partial charge >= 0.3 is 5.97 Å². The van der Waals surface area contributed by atoms with Crippen molar-refractivity contribution in [3.05, 3.63) is 6.92 Å². The number of aliphatic carboxylic acids is 1. The molecule has 0 aliphatic carbocycles. The zero-order chi connectivity index (χ0) is 7.86. The summed E-state index contributed by atoms with van der Waals surface area (Å²) in [5.41, 5.74) is 0. The van der Waals surface area contributed by atoms with Gasteiger partial charge in [0.25, 0.3) is 0 Å². The van der Waals surface area contributed by atoms with E-state index in [4.69, 9.17) is 5.11 Å². The maximum Gasteiger partial charge on any atom is 0.310 e. The molecule has 0 unspecified atom stereocenters. The van der Waals surface area contributed by atoms with E-state index in [0.29, 0.717) is 0 Å². The number of carbonyl (C=O) groups excluding carboxylic acids is 1. The van der Waals surface area contributed by atoms with Crippen LogP contribution in [0.2, 0.25) is 0 Å². The van der Waals surface area contributed by atoms with Crippen molar-refractivity contribution in [1.82, 2.24) is 0 Å². The van der Waals surface area contributed by atoms with E-state index in [2.05, 4.69) is 6.92 Å². The van der Waals surface area contributed by atoms with Gasteiger partial charge in [-0.15, -0.1) is 0 Å². The molecule has 0 aliphatic rings. The van der Waals surface area contributed by atoms with Crippen LogP contribution in [0.15, 0.2) is 0 Å². The topological polar surface area (TPSA) is 54.4 Å². The van der Waals surface area contributed by atoms with E-state index in [1.165, 1.54) is 6.92 Å². The van der Waals surface area contributed by atoms with E-state index in [-0.39, 0.29) is 38.4 Å². The van der Waals surface area contributed by atoms with E-state index < -0.39 is 5.97 Å². The van der Waals surface area contributed by atoms with Crippen LogP contribution in [0.25, 0.3) is 0 Å². The Morgan fingerprint density at radius 1 is 1.40 bits per heavy atom. The molecule has 0 amide bonds. The quantitative estimate of drug-likeness (QED) is 0.557. The minimum Gasteiger partial charge on any atom is -0.481 e. The molecule has 10 heavy (non-hydrogen) atoms. The van der Waals surface area contributed by atoms with Gasteiger partial charge in [0.1, 0.15) is 12.2 Å². The van der Waals surface area contributed by atoms with Crippen molar-refractivity contribution in [1.29, 1.82) is 0 Å². The number of ketones is 1. The van der Waals surface area contributed by atoms with Gasteiger partial charge in [0.05, 0.1) is 0 Å². The molecule has 0 aliphatic heterocycles. The van der Waals surface area contributed by atoms with E-state index >= 15 is 0 Å². The van der Waals surface area contributed by atoms with Crippen LogP contribution < -0.4 is 0 Å². The SMILES string of the molecule is CC(=O)CC(=O)O.[CH2-]C.[Zr]. The van der Waals surface area contributed by atoms with Crippen LogP contribution in [0.3, 0.4) is 0 Å². The predicted molar refractivity (Wildman–Crippen MR) is 34.0 cm³/mol. The van der Waals surface area contributed by atoms with Gasteiger partial charge in [-0.3, -0.25) is 9.59 Å². The van der Waals surface area contributed by atoms with E-state index in [9.17, 15) is 9.59 Å². The van der Waals surface area contributed by atoms with Crippen molar-refractivity contribution in [2.45, 2.75) is 20.3 Å². The number of hydrogen-bond donors (Lipinski definition) is 1. The van der Waals surface area contributed by atoms with Crippen LogP contribution in [0.5, 0.6) is 0 Å². The number of Topliss-reactive ketones (excluding diaryl/α,β-unsaturated/α-hetero) is 1. The number of carboxylic acids is 1. The molecule has 0 spiro atoms. The second-order valence-electron chi connectivity index (χ2n) is 1.27. The van der Waals surface area contributed by atoms with Gasteiger partial charge in [-0.2, -0.15) is 6.92 Å². The van der Waals surface area contributed by atoms with Crippen molar-refractivity contribution >= 4 is 11.8 Å². The summed E-state index contributed by atoms with van der Waals surface area (Å²) in [6.45, 7) is 6.24. The molecule has 0 fully saturated rings. The van der Waals surface area contributed by atoms with Gasteiger partial charge in [0.2, 0.25) is 0 Å². The Hall–Kier alpha value is 0.0231. The Morgan fingerprint density at radius 3 is 1.70 bits per heavy atom. The first kappa shape index (κ1) is 16.5. The smallest absolute Gasteiger partial charge is 0.310 e. The van der Waals surface area contributed by atoms with Gasteiger partial charge in [-0.25, -0.2) is 0 Å². The first-order valence-electron chi connectivity index (χ1n) is 2.55. The average Bonchev–Trinajstić information content (AvgIpc) is 1.68. The molecular formula is C6H11O3Zr-. The van der Waals surface area contributed by atoms with Crippen molar-refractivity contribution < 1.29 is 40.9 Å². The zero-order valence-corrected chi connectivity index (χ0v) is 8.64. The third-order valence-electron chi connectivity index (χ3n) is 0.400. The molecule has 0 aromatic rings. The van der Waals surface area contributed by atoms with Crippen molar-refractivity contribution in [2.24, 2.45) is 0 Å². The van der Waals surface area contributed by atoms with Gasteiger partial charge in [-0.05, 0) is 6.92 Å². The number of carbonyl (C=O) groups is 2. The fourth-order valence-corrected chi connectivity index (χ4v) is 0.213. The first-order chi connectivity index (χ1) is 4.13. The molecule has 58 valence electrons. The van der Waals surface area contributed by atoms with E-state index in [0.717, 1.165) is 0 Å². The molecule has 0 radical (unpaired) electrons. The molecule has 0 bridgehead atoms. The van der Waals surface area contributed by atoms with Crippen LogP contribution in [-0.2, 0) is 35.8 Å². The molecule has 0 saturated heterocycles. The molecule has 4 heteroatoms. The second-order valence-corrected chi connectivity index (χ2v) is 1.27. The van der Waals surface area contributed by atoms with Crippen LogP contribution >= 0.6 is 0 Å². The summed E-state index contributed by atoms with van der Waals surface area (Å²) in [5.74, 6) is -1.37. The average molecular weight is 222 g/mol. The summed E-state index contributed by atoms with van der Waals surface area (Å²) in [7, 11) is 0. The zero-order valence-electron chi connectivity index (χ0n) is 6.18. The Labute approximate surface area is 79.9 Å². The molecular weight excluding hydrogens is 211 g/mol. The van der Waals surface area contributed by atoms with Crippen LogP contribution in [0.4, 0.5) is 0 Å². The Morgan fingerprint density at radius 2 is 1.70 bits per heavy atom. The van der Waals surface area contributed by atoms with Crippen molar-refractivity contribution in [3.8, 4) is 0 Å². The number of rotatable bonds is 2. The van der Waals surface area contributed by atoms with Crippen LogP contribution in [0, 0.1) is 6.92 Å². The summed E-state index contributed by atoms with van der Waals surface area (Å²) in [6, 6.07) is 0. The Bertz CT molecular complexity index is 89.2. The molecule has 0 saturated carbocycles. The summed E-state index contributed by atoms with van der Waals surface area (Å²) in [6.07, 6.45) is -0.361. The number of hydrogen-bond acceptors (Lipinski definition) is 2. The third-order valence-corrected chi connectivity index (χ3v) is 0.400. The summed E-state index contributed by atoms with van der Waals surface area (Å²) >= 11 is 0. The van der Waals surface area contributed by atoms with Gasteiger partial charge in [0, 0.05) is 26.2 Å². The molecule has 0 atom stereocenters. The maximum atomic E-state index is 9.87. The van der Waals surface area contributed by atoms with Gasteiger partial charge in [0.15, 0.2) is 0 Å². The van der Waals surface area contributed by atoms with Crippen LogP contribution in [0.1, 0.15) is 20.3 Å². The molecule has 0 aromatic carbocycles. The second kappa shape index (κ2) is 11.8. The molecule has 0 rings (SSSR count). The predicted octanol–water partition coefficient (Wildman–Crippen LogP) is 0.888. The number of carboxylic acid groups (broad SMARTS) is 1. The largest absolute Gasteiger partial charge is 0.481 e. The van der Waals surface area contributed by atoms with E-state index in [1.54, 1.807) is 6.92 Å². The minimum absolute atomic E-state index is 0. The summed E-state index contributed by atoms with van der Waals surface area (Å²) in [4.78, 5) is 19.5. The van der Waals surface area contributed by atoms with Crippen LogP contribution in [-0.4, -0.2) is 16.9 Å².